The second kappa shape index (κ2) is 13.9. The Labute approximate surface area is 345 Å². The van der Waals surface area contributed by atoms with E-state index >= 15 is 0 Å². The fraction of sp³-hybridized carbons (Fsp3) is 0.0526. The molecule has 1 heterocycles. The van der Waals surface area contributed by atoms with Gasteiger partial charge in [-0.3, -0.25) is 0 Å². The number of para-hydroxylation sites is 3. The molecule has 1 aromatic heterocycles. The van der Waals surface area contributed by atoms with Crippen LogP contribution < -0.4 is 4.90 Å². The summed E-state index contributed by atoms with van der Waals surface area (Å²) in [6, 6.07) is 76.9. The van der Waals surface area contributed by atoms with Gasteiger partial charge < -0.3 is 9.32 Å². The number of hydrogen-bond acceptors (Lipinski definition) is 2. The Morgan fingerprint density at radius 3 is 1.66 bits per heavy atom. The molecule has 0 aliphatic heterocycles. The summed E-state index contributed by atoms with van der Waals surface area (Å²) in [5.41, 5.74) is 19.8. The van der Waals surface area contributed by atoms with Crippen LogP contribution >= 0.6 is 0 Å². The van der Waals surface area contributed by atoms with Crippen molar-refractivity contribution in [3.05, 3.63) is 223 Å². The molecule has 59 heavy (non-hydrogen) atoms. The first-order valence-electron chi connectivity index (χ1n) is 20.4. The molecule has 280 valence electrons. The molecular formula is C57H41NO. The number of furan rings is 1. The molecule has 0 atom stereocenters. The van der Waals surface area contributed by atoms with Crippen molar-refractivity contribution in [1.82, 2.24) is 0 Å². The second-order valence-electron chi connectivity index (χ2n) is 16.0. The van der Waals surface area contributed by atoms with Crippen LogP contribution in [0.2, 0.25) is 0 Å². The van der Waals surface area contributed by atoms with Gasteiger partial charge in [-0.05, 0) is 98.1 Å². The molecule has 2 heteroatoms. The van der Waals surface area contributed by atoms with Crippen LogP contribution in [0.3, 0.4) is 0 Å². The first-order valence-corrected chi connectivity index (χ1v) is 20.4. The van der Waals surface area contributed by atoms with E-state index in [1.807, 2.05) is 12.1 Å². The summed E-state index contributed by atoms with van der Waals surface area (Å²) >= 11 is 0. The van der Waals surface area contributed by atoms with Crippen LogP contribution in [0.15, 0.2) is 217 Å². The van der Waals surface area contributed by atoms with Gasteiger partial charge in [0.2, 0.25) is 0 Å². The first kappa shape index (κ1) is 34.8. The average Bonchev–Trinajstić information content (AvgIpc) is 3.79. The molecular weight excluding hydrogens is 715 g/mol. The Kier molecular flexibility index (Phi) is 8.20. The van der Waals surface area contributed by atoms with Gasteiger partial charge in [0, 0.05) is 33.0 Å². The fourth-order valence-corrected chi connectivity index (χ4v) is 9.48. The van der Waals surface area contributed by atoms with Crippen molar-refractivity contribution in [2.24, 2.45) is 0 Å². The minimum atomic E-state index is -0.106. The topological polar surface area (TPSA) is 16.4 Å². The van der Waals surface area contributed by atoms with Gasteiger partial charge in [-0.2, -0.15) is 0 Å². The van der Waals surface area contributed by atoms with Gasteiger partial charge in [0.1, 0.15) is 11.2 Å². The summed E-state index contributed by atoms with van der Waals surface area (Å²) in [4.78, 5) is 2.46. The Bertz CT molecular complexity index is 3190. The van der Waals surface area contributed by atoms with Crippen molar-refractivity contribution in [1.29, 1.82) is 0 Å². The second-order valence-corrected chi connectivity index (χ2v) is 16.0. The molecule has 9 aromatic carbocycles. The maximum Gasteiger partial charge on any atom is 0.136 e. The third-order valence-electron chi connectivity index (χ3n) is 12.3. The lowest BCUT2D eigenvalue weighted by atomic mass is 9.82. The van der Waals surface area contributed by atoms with Crippen LogP contribution in [-0.2, 0) is 5.41 Å². The molecule has 10 aromatic rings. The number of rotatable bonds is 7. The maximum atomic E-state index is 6.30. The summed E-state index contributed by atoms with van der Waals surface area (Å²) in [7, 11) is 0. The van der Waals surface area contributed by atoms with Crippen LogP contribution in [0.5, 0.6) is 0 Å². The summed E-state index contributed by atoms with van der Waals surface area (Å²) in [5.74, 6) is 0. The third kappa shape index (κ3) is 5.71. The molecule has 0 saturated heterocycles. The number of nitrogens with zero attached hydrogens (tertiary/aromatic N) is 1. The number of benzene rings is 9. The highest BCUT2D eigenvalue weighted by Gasteiger charge is 2.37. The largest absolute Gasteiger partial charge is 0.456 e. The van der Waals surface area contributed by atoms with Crippen LogP contribution in [0.25, 0.3) is 77.6 Å². The molecule has 0 fully saturated rings. The fourth-order valence-electron chi connectivity index (χ4n) is 9.48. The SMILES string of the molecule is CC1(C)c2ccccc2-c2c(-c3ccccc3N(c3ccc(-c4ccc5c(c4)oc4ccccc45)cc3)c3ccccc3-c3ccccc3-c3ccccc3)cccc21. The van der Waals surface area contributed by atoms with Gasteiger partial charge >= 0.3 is 0 Å². The lowest BCUT2D eigenvalue weighted by molar-refractivity contribution is 0.660. The molecule has 11 rings (SSSR count). The highest BCUT2D eigenvalue weighted by atomic mass is 16.3. The van der Waals surface area contributed by atoms with E-state index in [4.69, 9.17) is 4.42 Å². The van der Waals surface area contributed by atoms with E-state index < -0.39 is 0 Å². The van der Waals surface area contributed by atoms with Crippen molar-refractivity contribution >= 4 is 39.0 Å². The summed E-state index contributed by atoms with van der Waals surface area (Å²) in [6.07, 6.45) is 0. The highest BCUT2D eigenvalue weighted by Crippen LogP contribution is 2.54. The Morgan fingerprint density at radius 1 is 0.356 bits per heavy atom. The van der Waals surface area contributed by atoms with E-state index in [0.29, 0.717) is 0 Å². The van der Waals surface area contributed by atoms with Crippen LogP contribution in [0.4, 0.5) is 17.1 Å². The number of fused-ring (bicyclic) bond motifs is 6. The van der Waals surface area contributed by atoms with E-state index in [0.717, 1.165) is 55.7 Å². The molecule has 1 aliphatic carbocycles. The van der Waals surface area contributed by atoms with Crippen molar-refractivity contribution in [3.63, 3.8) is 0 Å². The minimum absolute atomic E-state index is 0.106. The van der Waals surface area contributed by atoms with Gasteiger partial charge in [0.25, 0.3) is 0 Å². The Morgan fingerprint density at radius 2 is 0.898 bits per heavy atom. The molecule has 0 saturated carbocycles. The predicted molar refractivity (Wildman–Crippen MR) is 248 cm³/mol. The normalized spacial score (nSPS) is 12.7. The lowest BCUT2D eigenvalue weighted by Gasteiger charge is -2.31. The minimum Gasteiger partial charge on any atom is -0.456 e. The smallest absolute Gasteiger partial charge is 0.136 e. The monoisotopic (exact) mass is 755 g/mol. The summed E-state index contributed by atoms with van der Waals surface area (Å²) < 4.78 is 6.30. The van der Waals surface area contributed by atoms with Crippen molar-refractivity contribution in [2.75, 3.05) is 4.90 Å². The molecule has 0 radical (unpaired) electrons. The third-order valence-corrected chi connectivity index (χ3v) is 12.3. The summed E-state index contributed by atoms with van der Waals surface area (Å²) in [5, 5.41) is 2.27. The van der Waals surface area contributed by atoms with E-state index in [1.165, 1.54) is 50.1 Å². The highest BCUT2D eigenvalue weighted by molar-refractivity contribution is 6.06. The van der Waals surface area contributed by atoms with Crippen molar-refractivity contribution in [3.8, 4) is 55.6 Å². The number of hydrogen-bond donors (Lipinski definition) is 0. The first-order chi connectivity index (χ1) is 29.0. The zero-order chi connectivity index (χ0) is 39.5. The van der Waals surface area contributed by atoms with Gasteiger partial charge in [-0.1, -0.05) is 184 Å². The van der Waals surface area contributed by atoms with Crippen molar-refractivity contribution in [2.45, 2.75) is 19.3 Å². The van der Waals surface area contributed by atoms with Gasteiger partial charge in [-0.15, -0.1) is 0 Å². The zero-order valence-electron chi connectivity index (χ0n) is 33.1. The molecule has 0 unspecified atom stereocenters. The molecule has 0 bridgehead atoms. The summed E-state index contributed by atoms with van der Waals surface area (Å²) in [6.45, 7) is 4.71. The van der Waals surface area contributed by atoms with E-state index in [1.54, 1.807) is 0 Å². The molecule has 0 N–H and O–H groups in total. The Balaban J connectivity index is 1.11. The van der Waals surface area contributed by atoms with Gasteiger partial charge in [0.05, 0.1) is 11.4 Å². The quantitative estimate of drug-likeness (QED) is 0.161. The average molecular weight is 756 g/mol. The van der Waals surface area contributed by atoms with Crippen LogP contribution in [-0.4, -0.2) is 0 Å². The van der Waals surface area contributed by atoms with Crippen LogP contribution in [0, 0.1) is 0 Å². The van der Waals surface area contributed by atoms with E-state index in [9.17, 15) is 0 Å². The Hall–Kier alpha value is -7.42. The van der Waals surface area contributed by atoms with E-state index in [2.05, 4.69) is 219 Å². The predicted octanol–water partition coefficient (Wildman–Crippen LogP) is 16.0. The molecule has 0 spiro atoms. The van der Waals surface area contributed by atoms with Crippen molar-refractivity contribution < 1.29 is 4.42 Å². The molecule has 2 nitrogen and oxygen atoms in total. The number of anilines is 3. The van der Waals surface area contributed by atoms with E-state index in [-0.39, 0.29) is 5.41 Å². The van der Waals surface area contributed by atoms with Gasteiger partial charge in [-0.25, -0.2) is 0 Å². The molecule has 1 aliphatic rings. The molecule has 0 amide bonds. The van der Waals surface area contributed by atoms with Gasteiger partial charge in [0.15, 0.2) is 0 Å². The van der Waals surface area contributed by atoms with Crippen LogP contribution in [0.1, 0.15) is 25.0 Å². The standard InChI is InChI=1S/C57H41NO/c1-57(2)50-26-12-8-24-49(50)56-48(25-16-27-51(56)57)45-22-10-14-29-53(45)58(52-28-13-9-21-44(52)43-20-7-6-19-42(43)39-17-4-3-5-18-39)41-34-31-38(32-35-41)40-33-36-47-46-23-11-15-30-54(46)59-55(47)37-40/h3-37H,1-2H3. The zero-order valence-corrected chi connectivity index (χ0v) is 33.1. The maximum absolute atomic E-state index is 6.30. The lowest BCUT2D eigenvalue weighted by Crippen LogP contribution is -2.15.